The van der Waals surface area contributed by atoms with Gasteiger partial charge in [0.15, 0.2) is 5.65 Å². The Morgan fingerprint density at radius 2 is 2.19 bits per heavy atom. The summed E-state index contributed by atoms with van der Waals surface area (Å²) in [5, 5.41) is 10.8. The molecule has 0 aliphatic carbocycles. The van der Waals surface area contributed by atoms with E-state index in [4.69, 9.17) is 0 Å². The molecule has 2 saturated heterocycles. The van der Waals surface area contributed by atoms with E-state index in [0.29, 0.717) is 18.1 Å². The summed E-state index contributed by atoms with van der Waals surface area (Å²) in [5.74, 6) is 0.614. The van der Waals surface area contributed by atoms with Crippen LogP contribution in [0.2, 0.25) is 0 Å². The quantitative estimate of drug-likeness (QED) is 0.750. The van der Waals surface area contributed by atoms with Crippen LogP contribution in [0.5, 0.6) is 0 Å². The van der Waals surface area contributed by atoms with E-state index in [2.05, 4.69) is 20.6 Å². The topological polar surface area (TPSA) is 83.7 Å². The highest BCUT2D eigenvalue weighted by Crippen LogP contribution is 2.16. The Kier molecular flexibility index (Phi) is 5.54. The van der Waals surface area contributed by atoms with Crippen molar-refractivity contribution in [3.05, 3.63) is 34.9 Å². The average molecular weight is 372 g/mol. The molecule has 2 aromatic heterocycles. The fourth-order valence-electron chi connectivity index (χ4n) is 4.15. The second-order valence-corrected chi connectivity index (χ2v) is 7.64. The zero-order chi connectivity index (χ0) is 18.6. The second-order valence-electron chi connectivity index (χ2n) is 7.64. The lowest BCUT2D eigenvalue weighted by molar-refractivity contribution is -0.123. The van der Waals surface area contributed by atoms with E-state index >= 15 is 0 Å². The fraction of sp³-hybridized carbons (Fsp3) is 0.632. The molecule has 4 heterocycles. The molecule has 2 atom stereocenters. The molecule has 0 bridgehead atoms. The van der Waals surface area contributed by atoms with E-state index in [0.717, 1.165) is 58.4 Å². The molecule has 0 radical (unpaired) electrons. The van der Waals surface area contributed by atoms with Crippen molar-refractivity contribution in [2.75, 3.05) is 32.7 Å². The molecule has 2 aromatic rings. The third kappa shape index (κ3) is 4.22. The van der Waals surface area contributed by atoms with Crippen LogP contribution in [0, 0.1) is 5.92 Å². The summed E-state index contributed by atoms with van der Waals surface area (Å²) in [6, 6.07) is 5.56. The molecule has 4 rings (SSSR count). The Hall–Kier alpha value is -2.19. The minimum atomic E-state index is -0.0875. The highest BCUT2D eigenvalue weighted by atomic mass is 16.2. The molecular weight excluding hydrogens is 344 g/mol. The Bertz CT molecular complexity index is 838. The molecule has 2 N–H and O–H groups in total. The number of pyridine rings is 1. The van der Waals surface area contributed by atoms with Gasteiger partial charge in [-0.2, -0.15) is 0 Å². The predicted molar refractivity (Wildman–Crippen MR) is 103 cm³/mol. The van der Waals surface area contributed by atoms with Gasteiger partial charge in [0.05, 0.1) is 12.6 Å². The van der Waals surface area contributed by atoms with Gasteiger partial charge in [-0.15, -0.1) is 5.10 Å². The van der Waals surface area contributed by atoms with Crippen molar-refractivity contribution in [3.63, 3.8) is 0 Å². The summed E-state index contributed by atoms with van der Waals surface area (Å²) in [6.45, 7) is 5.07. The number of nitrogens with one attached hydrogen (secondary N) is 2. The normalized spacial score (nSPS) is 23.7. The fourth-order valence-corrected chi connectivity index (χ4v) is 4.15. The number of rotatable bonds is 6. The molecule has 8 nitrogen and oxygen atoms in total. The number of nitrogens with zero attached hydrogens (tertiary/aromatic N) is 4. The predicted octanol–water partition coefficient (Wildman–Crippen LogP) is 0.0762. The molecule has 2 aliphatic rings. The molecule has 2 fully saturated rings. The number of likely N-dealkylation sites (tertiary alicyclic amines) is 1. The highest BCUT2D eigenvalue weighted by molar-refractivity contribution is 5.81. The number of piperidine rings is 1. The van der Waals surface area contributed by atoms with E-state index in [1.165, 1.54) is 0 Å². The first-order valence-electron chi connectivity index (χ1n) is 9.98. The monoisotopic (exact) mass is 372 g/mol. The molecule has 0 aromatic carbocycles. The highest BCUT2D eigenvalue weighted by Gasteiger charge is 2.24. The van der Waals surface area contributed by atoms with Gasteiger partial charge in [-0.1, -0.05) is 6.07 Å². The third-order valence-corrected chi connectivity index (χ3v) is 5.66. The molecule has 8 heteroatoms. The van der Waals surface area contributed by atoms with Crippen molar-refractivity contribution < 1.29 is 4.79 Å². The van der Waals surface area contributed by atoms with Crippen molar-refractivity contribution in [2.24, 2.45) is 5.92 Å². The lowest BCUT2D eigenvalue weighted by atomic mass is 9.98. The number of aromatic nitrogens is 3. The molecule has 1 amide bonds. The van der Waals surface area contributed by atoms with E-state index in [-0.39, 0.29) is 17.6 Å². The maximum Gasteiger partial charge on any atom is 0.350 e. The zero-order valence-corrected chi connectivity index (χ0v) is 15.6. The van der Waals surface area contributed by atoms with E-state index in [1.807, 2.05) is 18.2 Å². The van der Waals surface area contributed by atoms with Crippen LogP contribution in [0.4, 0.5) is 0 Å². The lowest BCUT2D eigenvalue weighted by Crippen LogP contribution is -2.46. The molecule has 2 unspecified atom stereocenters. The SMILES string of the molecule is O=C(NCC1CCCN(CCn2nc3ccccn3c2=O)C1)C1CCCN1. The lowest BCUT2D eigenvalue weighted by Gasteiger charge is -2.32. The Morgan fingerprint density at radius 1 is 1.26 bits per heavy atom. The number of carbonyl (C=O) groups excluding carboxylic acids is 1. The number of hydrogen-bond acceptors (Lipinski definition) is 5. The summed E-state index contributed by atoms with van der Waals surface area (Å²) >= 11 is 0. The summed E-state index contributed by atoms with van der Waals surface area (Å²) in [7, 11) is 0. The van der Waals surface area contributed by atoms with Crippen LogP contribution in [-0.4, -0.2) is 63.8 Å². The van der Waals surface area contributed by atoms with Gasteiger partial charge in [-0.25, -0.2) is 9.48 Å². The molecular formula is C19H28N6O2. The molecule has 27 heavy (non-hydrogen) atoms. The van der Waals surface area contributed by atoms with E-state index < -0.39 is 0 Å². The molecule has 0 saturated carbocycles. The number of amides is 1. The van der Waals surface area contributed by atoms with Crippen molar-refractivity contribution in [1.82, 2.24) is 29.7 Å². The summed E-state index contributed by atoms with van der Waals surface area (Å²) in [6.07, 6.45) is 6.04. The minimum absolute atomic E-state index is 0.00776. The van der Waals surface area contributed by atoms with Gasteiger partial charge in [0, 0.05) is 25.8 Å². The van der Waals surface area contributed by atoms with Crippen molar-refractivity contribution in [3.8, 4) is 0 Å². The van der Waals surface area contributed by atoms with Gasteiger partial charge in [-0.05, 0) is 56.8 Å². The number of carbonyl (C=O) groups is 1. The van der Waals surface area contributed by atoms with E-state index in [9.17, 15) is 9.59 Å². The summed E-state index contributed by atoms with van der Waals surface area (Å²) in [5.41, 5.74) is 0.595. The largest absolute Gasteiger partial charge is 0.354 e. The van der Waals surface area contributed by atoms with Crippen LogP contribution in [0.15, 0.2) is 29.2 Å². The smallest absolute Gasteiger partial charge is 0.350 e. The first-order valence-corrected chi connectivity index (χ1v) is 9.98. The van der Waals surface area contributed by atoms with Crippen LogP contribution in [0.3, 0.4) is 0 Å². The van der Waals surface area contributed by atoms with Gasteiger partial charge >= 0.3 is 5.69 Å². The zero-order valence-electron chi connectivity index (χ0n) is 15.6. The minimum Gasteiger partial charge on any atom is -0.354 e. The van der Waals surface area contributed by atoms with Crippen LogP contribution in [0.1, 0.15) is 25.7 Å². The van der Waals surface area contributed by atoms with Gasteiger partial charge in [-0.3, -0.25) is 9.20 Å². The third-order valence-electron chi connectivity index (χ3n) is 5.66. The van der Waals surface area contributed by atoms with Crippen LogP contribution < -0.4 is 16.3 Å². The first kappa shape index (κ1) is 18.2. The average Bonchev–Trinajstić information content (AvgIpc) is 3.34. The number of hydrogen-bond donors (Lipinski definition) is 2. The van der Waals surface area contributed by atoms with Gasteiger partial charge in [0.1, 0.15) is 0 Å². The van der Waals surface area contributed by atoms with Gasteiger partial charge in [0.2, 0.25) is 5.91 Å². The summed E-state index contributed by atoms with van der Waals surface area (Å²) < 4.78 is 3.12. The Balaban J connectivity index is 1.27. The molecule has 0 spiro atoms. The first-order chi connectivity index (χ1) is 13.2. The van der Waals surface area contributed by atoms with Crippen LogP contribution in [0.25, 0.3) is 5.65 Å². The number of fused-ring (bicyclic) bond motifs is 1. The van der Waals surface area contributed by atoms with Gasteiger partial charge < -0.3 is 15.5 Å². The Labute approximate surface area is 158 Å². The van der Waals surface area contributed by atoms with Gasteiger partial charge in [0.25, 0.3) is 0 Å². The van der Waals surface area contributed by atoms with Crippen LogP contribution >= 0.6 is 0 Å². The second kappa shape index (κ2) is 8.22. The van der Waals surface area contributed by atoms with Crippen LogP contribution in [-0.2, 0) is 11.3 Å². The van der Waals surface area contributed by atoms with Crippen molar-refractivity contribution in [2.45, 2.75) is 38.3 Å². The molecule has 146 valence electrons. The maximum atomic E-state index is 12.4. The van der Waals surface area contributed by atoms with E-state index in [1.54, 1.807) is 15.3 Å². The summed E-state index contributed by atoms with van der Waals surface area (Å²) in [4.78, 5) is 26.9. The van der Waals surface area contributed by atoms with Crippen molar-refractivity contribution in [1.29, 1.82) is 0 Å². The maximum absolute atomic E-state index is 12.4. The Morgan fingerprint density at radius 3 is 3.00 bits per heavy atom. The molecule has 2 aliphatic heterocycles. The van der Waals surface area contributed by atoms with Crippen molar-refractivity contribution >= 4 is 11.6 Å². The standard InChI is InChI=1S/C19H28N6O2/c26-18(16-6-3-8-20-16)21-13-15-5-4-9-23(14-15)11-12-25-19(27)24-10-2-1-7-17(24)22-25/h1-2,7,10,15-16,20H,3-6,8-9,11-14H2,(H,21,26).